The number of halogens is 2. The molecule has 4 rings (SSSR count). The number of methoxy groups -OCH3 is 1. The monoisotopic (exact) mass is 505 g/mol. The zero-order valence-corrected chi connectivity index (χ0v) is 17.7. The average molecular weight is 507 g/mol. The van der Waals surface area contributed by atoms with Gasteiger partial charge in [-0.15, -0.1) is 0 Å². The second-order valence-electron chi connectivity index (χ2n) is 6.21. The molecule has 0 spiro atoms. The number of nitrogens with zero attached hydrogens (tertiary/aromatic N) is 3. The summed E-state index contributed by atoms with van der Waals surface area (Å²) >= 11 is 6.70. The van der Waals surface area contributed by atoms with Crippen molar-refractivity contribution in [2.45, 2.75) is 6.04 Å². The van der Waals surface area contributed by atoms with Gasteiger partial charge in [0.15, 0.2) is 5.71 Å². The molecule has 0 N–H and O–H groups in total. The zero-order chi connectivity index (χ0) is 20.0. The molecule has 0 saturated carbocycles. The number of esters is 1. The molecular formula is C19H13Br2N3O4. The fourth-order valence-corrected chi connectivity index (χ4v) is 3.87. The van der Waals surface area contributed by atoms with Crippen molar-refractivity contribution >= 4 is 66.7 Å². The molecule has 9 heteroatoms. The highest BCUT2D eigenvalue weighted by molar-refractivity contribution is 9.10. The van der Waals surface area contributed by atoms with E-state index in [-0.39, 0.29) is 5.71 Å². The Bertz CT molecular complexity index is 1000. The molecule has 28 heavy (non-hydrogen) atoms. The Kier molecular flexibility index (Phi) is 4.80. The number of ether oxygens (including phenoxy) is 1. The van der Waals surface area contributed by atoms with Gasteiger partial charge in [0.05, 0.1) is 18.5 Å². The van der Waals surface area contributed by atoms with Gasteiger partial charge >= 0.3 is 5.97 Å². The number of fused-ring (bicyclic) bond motifs is 1. The fourth-order valence-electron chi connectivity index (χ4n) is 3.34. The lowest BCUT2D eigenvalue weighted by Gasteiger charge is -2.22. The number of carbonyl (C=O) groups is 3. The molecule has 0 unspecified atom stereocenters. The number of amides is 2. The highest BCUT2D eigenvalue weighted by Gasteiger charge is 2.59. The van der Waals surface area contributed by atoms with E-state index < -0.39 is 29.7 Å². The van der Waals surface area contributed by atoms with E-state index in [0.717, 1.165) is 13.8 Å². The molecular weight excluding hydrogens is 494 g/mol. The number of benzene rings is 2. The molecule has 7 nitrogen and oxygen atoms in total. The van der Waals surface area contributed by atoms with Gasteiger partial charge in [0, 0.05) is 8.95 Å². The minimum absolute atomic E-state index is 0.0756. The quantitative estimate of drug-likeness (QED) is 0.472. The van der Waals surface area contributed by atoms with Crippen LogP contribution in [-0.2, 0) is 19.1 Å². The van der Waals surface area contributed by atoms with E-state index in [1.165, 1.54) is 12.1 Å². The van der Waals surface area contributed by atoms with Crippen LogP contribution >= 0.6 is 31.9 Å². The summed E-state index contributed by atoms with van der Waals surface area (Å²) in [4.78, 5) is 39.7. The summed E-state index contributed by atoms with van der Waals surface area (Å²) in [6.07, 6.45) is 0. The predicted molar refractivity (Wildman–Crippen MR) is 110 cm³/mol. The zero-order valence-electron chi connectivity index (χ0n) is 14.5. The van der Waals surface area contributed by atoms with E-state index in [1.807, 2.05) is 0 Å². The van der Waals surface area contributed by atoms with Crippen LogP contribution in [0.1, 0.15) is 0 Å². The van der Waals surface area contributed by atoms with Crippen LogP contribution in [0.15, 0.2) is 62.6 Å². The van der Waals surface area contributed by atoms with Crippen molar-refractivity contribution in [1.29, 1.82) is 0 Å². The van der Waals surface area contributed by atoms with Gasteiger partial charge in [-0.2, -0.15) is 5.10 Å². The van der Waals surface area contributed by atoms with Crippen LogP contribution in [0.5, 0.6) is 0 Å². The molecule has 0 aliphatic carbocycles. The lowest BCUT2D eigenvalue weighted by molar-refractivity contribution is -0.133. The summed E-state index contributed by atoms with van der Waals surface area (Å²) in [5.41, 5.74) is 0.955. The van der Waals surface area contributed by atoms with Gasteiger partial charge in [0.25, 0.3) is 5.91 Å². The number of hydrogen-bond acceptors (Lipinski definition) is 6. The van der Waals surface area contributed by atoms with Crippen LogP contribution in [0.3, 0.4) is 0 Å². The maximum absolute atomic E-state index is 13.2. The summed E-state index contributed by atoms with van der Waals surface area (Å²) in [5, 5.41) is 5.69. The number of hydrazone groups is 1. The van der Waals surface area contributed by atoms with Gasteiger partial charge in [0.2, 0.25) is 5.91 Å². The van der Waals surface area contributed by atoms with E-state index >= 15 is 0 Å². The van der Waals surface area contributed by atoms with Crippen molar-refractivity contribution in [3.63, 3.8) is 0 Å². The van der Waals surface area contributed by atoms with Crippen LogP contribution in [-0.4, -0.2) is 36.6 Å². The molecule has 2 amide bonds. The fraction of sp³-hybridized carbons (Fsp3) is 0.158. The topological polar surface area (TPSA) is 79.3 Å². The maximum atomic E-state index is 13.2. The molecule has 0 bridgehead atoms. The van der Waals surface area contributed by atoms with E-state index in [2.05, 4.69) is 37.0 Å². The molecule has 1 fully saturated rings. The normalized spacial score (nSPS) is 21.0. The first-order chi connectivity index (χ1) is 13.4. The second-order valence-corrected chi connectivity index (χ2v) is 8.04. The standard InChI is InChI=1S/C19H13Br2N3O4/c1-28-19(27)15-14-16(24(22-15)13-8-4-11(21)5-9-13)18(26)23(17(14)25)12-6-2-10(20)3-7-12/h2-9,14,16H,1H3/t14-,16-/m1/s1. The van der Waals surface area contributed by atoms with Gasteiger partial charge < -0.3 is 4.74 Å². The SMILES string of the molecule is COC(=O)C1=NN(c2ccc(Br)cc2)[C@H]2C(=O)N(c3ccc(Br)cc3)C(=O)[C@H]12. The van der Waals surface area contributed by atoms with Gasteiger partial charge in [-0.1, -0.05) is 31.9 Å². The van der Waals surface area contributed by atoms with E-state index in [4.69, 9.17) is 4.74 Å². The second kappa shape index (κ2) is 7.14. The van der Waals surface area contributed by atoms with Crippen LogP contribution in [0.4, 0.5) is 11.4 Å². The smallest absolute Gasteiger partial charge is 0.355 e. The third-order valence-corrected chi connectivity index (χ3v) is 5.68. The number of hydrogen-bond donors (Lipinski definition) is 0. The third kappa shape index (κ3) is 2.94. The van der Waals surface area contributed by atoms with Gasteiger partial charge in [-0.3, -0.25) is 14.6 Å². The number of imide groups is 1. The summed E-state index contributed by atoms with van der Waals surface area (Å²) < 4.78 is 6.47. The summed E-state index contributed by atoms with van der Waals surface area (Å²) in [7, 11) is 1.22. The molecule has 2 aliphatic heterocycles. The Morgan fingerprint density at radius 3 is 2.00 bits per heavy atom. The Hall–Kier alpha value is -2.52. The summed E-state index contributed by atoms with van der Waals surface area (Å²) in [6, 6.07) is 13.0. The van der Waals surface area contributed by atoms with Crippen molar-refractivity contribution in [2.24, 2.45) is 11.0 Å². The van der Waals surface area contributed by atoms with Gasteiger partial charge in [0.1, 0.15) is 12.0 Å². The molecule has 0 aromatic heterocycles. The Labute approximate surface area is 177 Å². The largest absolute Gasteiger partial charge is 0.464 e. The van der Waals surface area contributed by atoms with Crippen LogP contribution in [0.25, 0.3) is 0 Å². The van der Waals surface area contributed by atoms with Gasteiger partial charge in [-0.25, -0.2) is 9.69 Å². The van der Waals surface area contributed by atoms with Crippen molar-refractivity contribution in [1.82, 2.24) is 0 Å². The van der Waals surface area contributed by atoms with E-state index in [0.29, 0.717) is 11.4 Å². The van der Waals surface area contributed by atoms with Crippen LogP contribution in [0, 0.1) is 5.92 Å². The van der Waals surface area contributed by atoms with E-state index in [1.54, 1.807) is 48.5 Å². The van der Waals surface area contributed by atoms with Crippen LogP contribution < -0.4 is 9.91 Å². The third-order valence-electron chi connectivity index (χ3n) is 4.62. The summed E-state index contributed by atoms with van der Waals surface area (Å²) in [5.74, 6) is -2.69. The first-order valence-corrected chi connectivity index (χ1v) is 9.86. The van der Waals surface area contributed by atoms with Crippen molar-refractivity contribution < 1.29 is 19.1 Å². The van der Waals surface area contributed by atoms with Crippen molar-refractivity contribution in [2.75, 3.05) is 17.0 Å². The molecule has 1 saturated heterocycles. The van der Waals surface area contributed by atoms with E-state index in [9.17, 15) is 14.4 Å². The molecule has 2 atom stereocenters. The lowest BCUT2D eigenvalue weighted by Crippen LogP contribution is -2.39. The predicted octanol–water partition coefficient (Wildman–Crippen LogP) is 3.12. The van der Waals surface area contributed by atoms with Crippen LogP contribution in [0.2, 0.25) is 0 Å². The molecule has 2 heterocycles. The Morgan fingerprint density at radius 1 is 0.929 bits per heavy atom. The molecule has 142 valence electrons. The maximum Gasteiger partial charge on any atom is 0.355 e. The Balaban J connectivity index is 1.79. The number of rotatable bonds is 3. The van der Waals surface area contributed by atoms with Crippen molar-refractivity contribution in [3.8, 4) is 0 Å². The average Bonchev–Trinajstić information content (AvgIpc) is 3.20. The number of anilines is 2. The van der Waals surface area contributed by atoms with Crippen molar-refractivity contribution in [3.05, 3.63) is 57.5 Å². The molecule has 2 aromatic carbocycles. The highest BCUT2D eigenvalue weighted by Crippen LogP contribution is 2.38. The molecule has 2 aliphatic rings. The first-order valence-electron chi connectivity index (χ1n) is 8.27. The molecule has 0 radical (unpaired) electrons. The minimum Gasteiger partial charge on any atom is -0.464 e. The highest BCUT2D eigenvalue weighted by atomic mass is 79.9. The minimum atomic E-state index is -1.02. The summed E-state index contributed by atoms with van der Waals surface area (Å²) in [6.45, 7) is 0. The van der Waals surface area contributed by atoms with Gasteiger partial charge in [-0.05, 0) is 48.5 Å². The Morgan fingerprint density at radius 2 is 1.46 bits per heavy atom. The number of carbonyl (C=O) groups excluding carboxylic acids is 3. The molecule has 2 aromatic rings. The lowest BCUT2D eigenvalue weighted by atomic mass is 9.98. The first kappa shape index (κ1) is 18.8.